The van der Waals surface area contributed by atoms with Crippen LogP contribution >= 0.6 is 0 Å². The Hall–Kier alpha value is -2.29. The van der Waals surface area contributed by atoms with E-state index >= 15 is 0 Å². The Balaban J connectivity index is 1.95. The third kappa shape index (κ3) is 4.59. The van der Waals surface area contributed by atoms with E-state index in [-0.39, 0.29) is 17.9 Å². The lowest BCUT2D eigenvalue weighted by Crippen LogP contribution is -2.22. The summed E-state index contributed by atoms with van der Waals surface area (Å²) in [5.41, 5.74) is 5.52. The number of para-hydroxylation sites is 1. The van der Waals surface area contributed by atoms with E-state index in [0.29, 0.717) is 0 Å². The van der Waals surface area contributed by atoms with E-state index in [2.05, 4.69) is 43.5 Å². The minimum atomic E-state index is -0.0452. The Morgan fingerprint density at radius 1 is 0.957 bits per heavy atom. The highest BCUT2D eigenvalue weighted by molar-refractivity contribution is 5.94. The number of hydrogen-bond donors (Lipinski definition) is 2. The molecule has 0 bridgehead atoms. The van der Waals surface area contributed by atoms with E-state index in [0.717, 1.165) is 22.5 Å². The zero-order chi connectivity index (χ0) is 17.0. The van der Waals surface area contributed by atoms with Gasteiger partial charge in [0.1, 0.15) is 0 Å². The summed E-state index contributed by atoms with van der Waals surface area (Å²) in [5.74, 6) is -0.0452. The molecule has 2 aromatic carbocycles. The first-order valence-electron chi connectivity index (χ1n) is 7.98. The van der Waals surface area contributed by atoms with Gasteiger partial charge in [-0.3, -0.25) is 4.79 Å². The second kappa shape index (κ2) is 6.86. The van der Waals surface area contributed by atoms with Gasteiger partial charge in [-0.2, -0.15) is 0 Å². The van der Waals surface area contributed by atoms with Crippen molar-refractivity contribution in [2.75, 3.05) is 17.2 Å². The molecule has 0 unspecified atom stereocenters. The van der Waals surface area contributed by atoms with Gasteiger partial charge in [-0.15, -0.1) is 0 Å². The lowest BCUT2D eigenvalue weighted by atomic mass is 9.87. The summed E-state index contributed by atoms with van der Waals surface area (Å²) in [5, 5.41) is 6.15. The van der Waals surface area contributed by atoms with Gasteiger partial charge in [0.05, 0.1) is 6.54 Å². The Labute approximate surface area is 139 Å². The number of carbonyl (C=O) groups is 1. The van der Waals surface area contributed by atoms with Crippen LogP contribution in [0.3, 0.4) is 0 Å². The van der Waals surface area contributed by atoms with E-state index in [1.807, 2.05) is 44.2 Å². The molecule has 2 N–H and O–H groups in total. The topological polar surface area (TPSA) is 41.1 Å². The lowest BCUT2D eigenvalue weighted by molar-refractivity contribution is -0.114. The van der Waals surface area contributed by atoms with Gasteiger partial charge in [-0.05, 0) is 48.1 Å². The van der Waals surface area contributed by atoms with Crippen LogP contribution in [0.2, 0.25) is 0 Å². The first-order valence-corrected chi connectivity index (χ1v) is 7.98. The zero-order valence-electron chi connectivity index (χ0n) is 14.7. The summed E-state index contributed by atoms with van der Waals surface area (Å²) in [4.78, 5) is 12.1. The second-order valence-electron chi connectivity index (χ2n) is 7.00. The summed E-state index contributed by atoms with van der Waals surface area (Å²) >= 11 is 0. The predicted molar refractivity (Wildman–Crippen MR) is 98.2 cm³/mol. The zero-order valence-corrected chi connectivity index (χ0v) is 14.7. The SMILES string of the molecule is Cc1cccc(C)c1NCC(=O)Nc1ccc(C(C)(C)C)cc1. The first-order chi connectivity index (χ1) is 10.8. The van der Waals surface area contributed by atoms with Crippen LogP contribution in [0.15, 0.2) is 42.5 Å². The highest BCUT2D eigenvalue weighted by Gasteiger charge is 2.13. The van der Waals surface area contributed by atoms with Crippen molar-refractivity contribution in [3.63, 3.8) is 0 Å². The van der Waals surface area contributed by atoms with E-state index in [1.54, 1.807) is 0 Å². The first kappa shape index (κ1) is 17.1. The van der Waals surface area contributed by atoms with Gasteiger partial charge in [0.15, 0.2) is 0 Å². The van der Waals surface area contributed by atoms with Crippen molar-refractivity contribution >= 4 is 17.3 Å². The molecule has 0 aliphatic heterocycles. The molecule has 23 heavy (non-hydrogen) atoms. The maximum atomic E-state index is 12.1. The van der Waals surface area contributed by atoms with Gasteiger partial charge in [0, 0.05) is 11.4 Å². The van der Waals surface area contributed by atoms with Crippen LogP contribution < -0.4 is 10.6 Å². The second-order valence-corrected chi connectivity index (χ2v) is 7.00. The average Bonchev–Trinajstić information content (AvgIpc) is 2.46. The standard InChI is InChI=1S/C20H26N2O/c1-14-7-6-8-15(2)19(14)21-13-18(23)22-17-11-9-16(10-12-17)20(3,4)5/h6-12,21H,13H2,1-5H3,(H,22,23). The molecule has 0 atom stereocenters. The summed E-state index contributed by atoms with van der Waals surface area (Å²) in [7, 11) is 0. The Morgan fingerprint density at radius 2 is 1.52 bits per heavy atom. The molecule has 2 rings (SSSR count). The maximum absolute atomic E-state index is 12.1. The van der Waals surface area contributed by atoms with Gasteiger partial charge in [0.25, 0.3) is 0 Å². The van der Waals surface area contributed by atoms with Crippen LogP contribution in [0.1, 0.15) is 37.5 Å². The van der Waals surface area contributed by atoms with Gasteiger partial charge in [0.2, 0.25) is 5.91 Å². The van der Waals surface area contributed by atoms with E-state index in [9.17, 15) is 4.79 Å². The molecule has 1 amide bonds. The summed E-state index contributed by atoms with van der Waals surface area (Å²) in [6, 6.07) is 14.1. The molecule has 0 aliphatic carbocycles. The van der Waals surface area contributed by atoms with Crippen LogP contribution in [-0.2, 0) is 10.2 Å². The van der Waals surface area contributed by atoms with E-state index in [4.69, 9.17) is 0 Å². The molecule has 2 aromatic rings. The number of hydrogen-bond acceptors (Lipinski definition) is 2. The molecule has 3 heteroatoms. The third-order valence-corrected chi connectivity index (χ3v) is 3.94. The number of nitrogens with one attached hydrogen (secondary N) is 2. The lowest BCUT2D eigenvalue weighted by Gasteiger charge is -2.19. The van der Waals surface area contributed by atoms with Gasteiger partial charge >= 0.3 is 0 Å². The van der Waals surface area contributed by atoms with Crippen LogP contribution in [0.5, 0.6) is 0 Å². The molecule has 0 spiro atoms. The van der Waals surface area contributed by atoms with Crippen LogP contribution in [0.4, 0.5) is 11.4 Å². The van der Waals surface area contributed by atoms with Crippen LogP contribution in [0, 0.1) is 13.8 Å². The molecule has 122 valence electrons. The number of benzene rings is 2. The largest absolute Gasteiger partial charge is 0.376 e. The number of aryl methyl sites for hydroxylation is 2. The molecule has 0 fully saturated rings. The monoisotopic (exact) mass is 310 g/mol. The Kier molecular flexibility index (Phi) is 5.09. The van der Waals surface area contributed by atoms with Crippen LogP contribution in [-0.4, -0.2) is 12.5 Å². The van der Waals surface area contributed by atoms with E-state index < -0.39 is 0 Å². The maximum Gasteiger partial charge on any atom is 0.243 e. The number of rotatable bonds is 4. The molecule has 0 saturated carbocycles. The van der Waals surface area contributed by atoms with Crippen LogP contribution in [0.25, 0.3) is 0 Å². The summed E-state index contributed by atoms with van der Waals surface area (Å²) in [6.07, 6.45) is 0. The van der Waals surface area contributed by atoms with Crippen molar-refractivity contribution in [2.24, 2.45) is 0 Å². The molecule has 0 aromatic heterocycles. The molecule has 0 radical (unpaired) electrons. The van der Waals surface area contributed by atoms with Crippen molar-refractivity contribution in [3.8, 4) is 0 Å². The van der Waals surface area contributed by atoms with Crippen molar-refractivity contribution in [1.82, 2.24) is 0 Å². The minimum Gasteiger partial charge on any atom is -0.376 e. The van der Waals surface area contributed by atoms with Gasteiger partial charge < -0.3 is 10.6 Å². The average molecular weight is 310 g/mol. The van der Waals surface area contributed by atoms with Crippen molar-refractivity contribution in [2.45, 2.75) is 40.0 Å². The summed E-state index contributed by atoms with van der Waals surface area (Å²) < 4.78 is 0. The fourth-order valence-electron chi connectivity index (χ4n) is 2.52. The number of amides is 1. The predicted octanol–water partition coefficient (Wildman–Crippen LogP) is 4.65. The third-order valence-electron chi connectivity index (χ3n) is 3.94. The molecular weight excluding hydrogens is 284 g/mol. The fourth-order valence-corrected chi connectivity index (χ4v) is 2.52. The Morgan fingerprint density at radius 3 is 2.04 bits per heavy atom. The van der Waals surface area contributed by atoms with E-state index in [1.165, 1.54) is 5.56 Å². The van der Waals surface area contributed by atoms with Crippen molar-refractivity contribution < 1.29 is 4.79 Å². The van der Waals surface area contributed by atoms with Crippen molar-refractivity contribution in [1.29, 1.82) is 0 Å². The number of carbonyl (C=O) groups excluding carboxylic acids is 1. The quantitative estimate of drug-likeness (QED) is 0.863. The summed E-state index contributed by atoms with van der Waals surface area (Å²) in [6.45, 7) is 10.9. The molecule has 3 nitrogen and oxygen atoms in total. The van der Waals surface area contributed by atoms with Gasteiger partial charge in [-0.25, -0.2) is 0 Å². The highest BCUT2D eigenvalue weighted by Crippen LogP contribution is 2.23. The fraction of sp³-hybridized carbons (Fsp3) is 0.350. The van der Waals surface area contributed by atoms with Crippen molar-refractivity contribution in [3.05, 3.63) is 59.2 Å². The number of anilines is 2. The smallest absolute Gasteiger partial charge is 0.243 e. The molecule has 0 saturated heterocycles. The normalized spacial score (nSPS) is 11.2. The molecule has 0 aliphatic rings. The molecule has 0 heterocycles. The van der Waals surface area contributed by atoms with Gasteiger partial charge in [-0.1, -0.05) is 51.1 Å². The Bertz CT molecular complexity index is 662. The minimum absolute atomic E-state index is 0.0452. The highest BCUT2D eigenvalue weighted by atomic mass is 16.1. The molecular formula is C20H26N2O.